The third-order valence-electron chi connectivity index (χ3n) is 6.85. The van der Waals surface area contributed by atoms with Gasteiger partial charge >= 0.3 is 5.69 Å². The van der Waals surface area contributed by atoms with Crippen molar-refractivity contribution in [3.63, 3.8) is 0 Å². The zero-order valence-corrected chi connectivity index (χ0v) is 21.5. The molecule has 0 bridgehead atoms. The first-order valence-electron chi connectivity index (χ1n) is 12.4. The highest BCUT2D eigenvalue weighted by Gasteiger charge is 2.42. The first kappa shape index (κ1) is 26.4. The molecular formula is C29H29N3O7. The molecule has 4 aromatic rings. The van der Waals surface area contributed by atoms with Crippen LogP contribution < -0.4 is 20.7 Å². The largest absolute Gasteiger partial charge is 0.497 e. The molecule has 0 unspecified atom stereocenters. The lowest BCUT2D eigenvalue weighted by Gasteiger charge is -2.37. The van der Waals surface area contributed by atoms with Crippen LogP contribution in [0, 0.1) is 0 Å². The van der Waals surface area contributed by atoms with Crippen LogP contribution in [0.25, 0.3) is 0 Å². The maximum atomic E-state index is 12.2. The van der Waals surface area contributed by atoms with E-state index in [0.29, 0.717) is 11.5 Å². The van der Waals surface area contributed by atoms with Gasteiger partial charge in [0.05, 0.1) is 26.9 Å². The van der Waals surface area contributed by atoms with Gasteiger partial charge in [0, 0.05) is 6.42 Å². The van der Waals surface area contributed by atoms with Crippen molar-refractivity contribution in [1.82, 2.24) is 14.8 Å². The number of aliphatic hydroxyl groups is 1. The summed E-state index contributed by atoms with van der Waals surface area (Å²) in [6.07, 6.45) is -1.46. The van der Waals surface area contributed by atoms with Crippen molar-refractivity contribution in [1.29, 1.82) is 0 Å². The first-order valence-corrected chi connectivity index (χ1v) is 12.4. The minimum absolute atomic E-state index is 0.0112. The van der Waals surface area contributed by atoms with Crippen LogP contribution in [0.1, 0.15) is 29.3 Å². The van der Waals surface area contributed by atoms with E-state index in [0.717, 1.165) is 27.6 Å². The van der Waals surface area contributed by atoms with E-state index in [4.69, 9.17) is 18.9 Å². The number of hydrogen-bond acceptors (Lipinski definition) is 8. The summed E-state index contributed by atoms with van der Waals surface area (Å²) in [5, 5.41) is 14.7. The highest BCUT2D eigenvalue weighted by atomic mass is 16.6. The van der Waals surface area contributed by atoms with Crippen LogP contribution in [0.5, 0.6) is 11.5 Å². The average Bonchev–Trinajstić information content (AvgIpc) is 3.34. The number of methoxy groups -OCH3 is 2. The van der Waals surface area contributed by atoms with Crippen molar-refractivity contribution in [2.75, 3.05) is 20.8 Å². The van der Waals surface area contributed by atoms with Crippen LogP contribution in [0.15, 0.2) is 94.6 Å². The second-order valence-corrected chi connectivity index (χ2v) is 9.13. The molecule has 3 aromatic carbocycles. The van der Waals surface area contributed by atoms with Gasteiger partial charge in [0.1, 0.15) is 29.4 Å². The van der Waals surface area contributed by atoms with E-state index in [1.807, 2.05) is 78.9 Å². The van der Waals surface area contributed by atoms with E-state index in [1.165, 1.54) is 0 Å². The number of ether oxygens (including phenoxy) is 4. The molecule has 2 N–H and O–H groups in total. The Balaban J connectivity index is 1.54. The number of nitrogens with zero attached hydrogens (tertiary/aromatic N) is 2. The van der Waals surface area contributed by atoms with Gasteiger partial charge < -0.3 is 24.1 Å². The van der Waals surface area contributed by atoms with Crippen LogP contribution in [0.4, 0.5) is 0 Å². The first-order chi connectivity index (χ1) is 18.9. The van der Waals surface area contributed by atoms with Gasteiger partial charge in [-0.1, -0.05) is 54.6 Å². The normalized spacial score (nSPS) is 19.1. The fraction of sp³-hybridized carbons (Fsp3) is 0.276. The zero-order chi connectivity index (χ0) is 27.4. The number of hydrogen-bond donors (Lipinski definition) is 2. The summed E-state index contributed by atoms with van der Waals surface area (Å²) in [7, 11) is 3.22. The topological polar surface area (TPSA) is 125 Å². The third-order valence-corrected chi connectivity index (χ3v) is 6.85. The molecule has 10 nitrogen and oxygen atoms in total. The second kappa shape index (κ2) is 11.2. The average molecular weight is 532 g/mol. The Morgan fingerprint density at radius 1 is 0.923 bits per heavy atom. The summed E-state index contributed by atoms with van der Waals surface area (Å²) in [6, 6.07) is 25.0. The number of H-pyrrole nitrogens is 1. The van der Waals surface area contributed by atoms with E-state index < -0.39 is 35.3 Å². The van der Waals surface area contributed by atoms with E-state index in [-0.39, 0.29) is 13.0 Å². The lowest BCUT2D eigenvalue weighted by atomic mass is 9.80. The number of aromatic nitrogens is 3. The molecule has 0 radical (unpaired) electrons. The van der Waals surface area contributed by atoms with Gasteiger partial charge in [-0.05, 0) is 41.0 Å². The van der Waals surface area contributed by atoms with E-state index in [1.54, 1.807) is 14.2 Å². The molecule has 39 heavy (non-hydrogen) atoms. The lowest BCUT2D eigenvalue weighted by Crippen LogP contribution is -2.38. The van der Waals surface area contributed by atoms with Gasteiger partial charge in [0.2, 0.25) is 0 Å². The van der Waals surface area contributed by atoms with Crippen molar-refractivity contribution in [2.45, 2.75) is 30.5 Å². The standard InChI is InChI=1S/C29H29N3O7/c1-36-22-12-8-20(9-13-22)29(19-6-4-3-5-7-19,21-10-14-23(37-2)15-11-21)38-18-25-24(33)16-27(39-25)32-28(35)31-26(34)17-30-32/h3-15,17,24-25,27,33H,16,18H2,1-2H3,(H,31,34,35)/t24-,25+,27+/m0/s1. The molecule has 1 aliphatic heterocycles. The third kappa shape index (κ3) is 5.22. The highest BCUT2D eigenvalue weighted by Crippen LogP contribution is 2.42. The molecule has 10 heteroatoms. The maximum Gasteiger partial charge on any atom is 0.347 e. The second-order valence-electron chi connectivity index (χ2n) is 9.13. The van der Waals surface area contributed by atoms with Crippen molar-refractivity contribution in [3.8, 4) is 11.5 Å². The van der Waals surface area contributed by atoms with Crippen molar-refractivity contribution in [2.24, 2.45) is 0 Å². The van der Waals surface area contributed by atoms with Gasteiger partial charge in [-0.3, -0.25) is 9.78 Å². The molecule has 0 saturated carbocycles. The molecule has 1 fully saturated rings. The molecule has 0 amide bonds. The zero-order valence-electron chi connectivity index (χ0n) is 21.5. The highest BCUT2D eigenvalue weighted by molar-refractivity contribution is 5.49. The molecule has 1 aliphatic rings. The van der Waals surface area contributed by atoms with Gasteiger partial charge in [0.25, 0.3) is 5.56 Å². The molecule has 1 aromatic heterocycles. The van der Waals surface area contributed by atoms with Crippen LogP contribution in [0.2, 0.25) is 0 Å². The molecule has 1 saturated heterocycles. The van der Waals surface area contributed by atoms with E-state index in [9.17, 15) is 14.7 Å². The fourth-order valence-electron chi connectivity index (χ4n) is 4.86. The molecule has 2 heterocycles. The van der Waals surface area contributed by atoms with E-state index in [2.05, 4.69) is 10.1 Å². The predicted octanol–water partition coefficient (Wildman–Crippen LogP) is 2.61. The summed E-state index contributed by atoms with van der Waals surface area (Å²) in [5.41, 5.74) is 0.124. The van der Waals surface area contributed by atoms with Crippen LogP contribution in [-0.2, 0) is 15.1 Å². The quantitative estimate of drug-likeness (QED) is 0.316. The van der Waals surface area contributed by atoms with E-state index >= 15 is 0 Å². The minimum atomic E-state index is -1.09. The summed E-state index contributed by atoms with van der Waals surface area (Å²) in [4.78, 5) is 25.8. The SMILES string of the molecule is COc1ccc(C(OC[C@H]2O[C@@H](n3ncc(=O)[nH]c3=O)C[C@@H]2O)(c2ccccc2)c2ccc(OC)cc2)cc1. The molecule has 3 atom stereocenters. The summed E-state index contributed by atoms with van der Waals surface area (Å²) >= 11 is 0. The summed E-state index contributed by atoms with van der Waals surface area (Å²) in [5.74, 6) is 1.40. The number of rotatable bonds is 9. The van der Waals surface area contributed by atoms with Crippen LogP contribution in [0.3, 0.4) is 0 Å². The Morgan fingerprint density at radius 2 is 1.49 bits per heavy atom. The Morgan fingerprint density at radius 3 is 2.03 bits per heavy atom. The number of aliphatic hydroxyl groups excluding tert-OH is 1. The molecule has 0 spiro atoms. The van der Waals surface area contributed by atoms with Crippen LogP contribution >= 0.6 is 0 Å². The molecule has 202 valence electrons. The number of nitrogens with one attached hydrogen (secondary N) is 1. The Hall–Kier alpha value is -4.25. The minimum Gasteiger partial charge on any atom is -0.497 e. The number of aromatic amines is 1. The Labute approximate surface area is 224 Å². The van der Waals surface area contributed by atoms with Crippen molar-refractivity contribution >= 4 is 0 Å². The van der Waals surface area contributed by atoms with Gasteiger partial charge in [-0.15, -0.1) is 0 Å². The monoisotopic (exact) mass is 531 g/mol. The van der Waals surface area contributed by atoms with Crippen molar-refractivity contribution in [3.05, 3.63) is 123 Å². The predicted molar refractivity (Wildman–Crippen MR) is 142 cm³/mol. The fourth-order valence-corrected chi connectivity index (χ4v) is 4.86. The Bertz CT molecular complexity index is 1450. The van der Waals surface area contributed by atoms with Gasteiger partial charge in [-0.2, -0.15) is 9.78 Å². The lowest BCUT2D eigenvalue weighted by molar-refractivity contribution is -0.0967. The summed E-state index contributed by atoms with van der Waals surface area (Å²) < 4.78 is 24.6. The molecular weight excluding hydrogens is 502 g/mol. The smallest absolute Gasteiger partial charge is 0.347 e. The van der Waals surface area contributed by atoms with Crippen LogP contribution in [-0.4, -0.2) is 52.9 Å². The number of benzene rings is 3. The van der Waals surface area contributed by atoms with Crippen molar-refractivity contribution < 1.29 is 24.1 Å². The summed E-state index contributed by atoms with van der Waals surface area (Å²) in [6.45, 7) is -0.0112. The Kier molecular flexibility index (Phi) is 7.60. The van der Waals surface area contributed by atoms with Gasteiger partial charge in [-0.25, -0.2) is 4.79 Å². The maximum absolute atomic E-state index is 12.2. The van der Waals surface area contributed by atoms with Gasteiger partial charge in [0.15, 0.2) is 6.23 Å². The molecule has 5 rings (SSSR count). The molecule has 0 aliphatic carbocycles.